The lowest BCUT2D eigenvalue weighted by Gasteiger charge is -2.23. The highest BCUT2D eigenvalue weighted by atomic mass is 32.1. The number of nitrogens with one attached hydrogen (secondary N) is 1. The summed E-state index contributed by atoms with van der Waals surface area (Å²) in [5, 5.41) is 8.65. The number of thiazole rings is 1. The van der Waals surface area contributed by atoms with Crippen molar-refractivity contribution < 1.29 is 9.47 Å². The Morgan fingerprint density at radius 2 is 1.46 bits per heavy atom. The molecule has 28 heavy (non-hydrogen) atoms. The van der Waals surface area contributed by atoms with Crippen LogP contribution in [0.25, 0.3) is 21.7 Å². The predicted octanol–water partition coefficient (Wildman–Crippen LogP) is 4.60. The van der Waals surface area contributed by atoms with Gasteiger partial charge in [-0.1, -0.05) is 11.3 Å². The zero-order valence-corrected chi connectivity index (χ0v) is 17.2. The molecular formula is C21H24N4O2S. The Balaban J connectivity index is 2.15. The maximum Gasteiger partial charge on any atom is 0.195 e. The third-order valence-electron chi connectivity index (χ3n) is 4.31. The van der Waals surface area contributed by atoms with Gasteiger partial charge < -0.3 is 15.2 Å². The van der Waals surface area contributed by atoms with E-state index in [0.29, 0.717) is 5.13 Å². The summed E-state index contributed by atoms with van der Waals surface area (Å²) < 4.78 is 10.5. The highest BCUT2D eigenvalue weighted by Crippen LogP contribution is 2.41. The second kappa shape index (κ2) is 8.31. The van der Waals surface area contributed by atoms with E-state index in [2.05, 4.69) is 0 Å². The minimum Gasteiger partial charge on any atom is -0.497 e. The molecule has 6 nitrogen and oxygen atoms in total. The van der Waals surface area contributed by atoms with Crippen LogP contribution in [-0.2, 0) is 0 Å². The molecule has 0 fully saturated rings. The summed E-state index contributed by atoms with van der Waals surface area (Å²) in [6.45, 7) is 3.98. The van der Waals surface area contributed by atoms with Gasteiger partial charge in [-0.15, -0.1) is 0 Å². The van der Waals surface area contributed by atoms with Crippen molar-refractivity contribution in [3.05, 3.63) is 48.5 Å². The van der Waals surface area contributed by atoms with Crippen molar-refractivity contribution in [2.75, 3.05) is 19.1 Å². The summed E-state index contributed by atoms with van der Waals surface area (Å²) >= 11 is 1.52. The molecule has 0 aliphatic rings. The second-order valence-electron chi connectivity index (χ2n) is 6.48. The lowest BCUT2D eigenvalue weighted by atomic mass is 10.1. The number of aromatic nitrogens is 1. The van der Waals surface area contributed by atoms with Crippen molar-refractivity contribution in [3.8, 4) is 33.2 Å². The van der Waals surface area contributed by atoms with Crippen molar-refractivity contribution in [3.63, 3.8) is 0 Å². The number of benzene rings is 2. The monoisotopic (exact) mass is 396 g/mol. The number of anilines is 1. The Kier molecular flexibility index (Phi) is 5.84. The molecule has 0 atom stereocenters. The van der Waals surface area contributed by atoms with E-state index in [-0.39, 0.29) is 12.0 Å². The van der Waals surface area contributed by atoms with E-state index in [9.17, 15) is 0 Å². The normalized spacial score (nSPS) is 10.8. The topological polar surface area (TPSA) is 84.5 Å². The van der Waals surface area contributed by atoms with Gasteiger partial charge in [0.1, 0.15) is 11.5 Å². The Bertz CT molecular complexity index is 885. The molecular weight excluding hydrogens is 372 g/mol. The third-order valence-corrected chi connectivity index (χ3v) is 5.42. The van der Waals surface area contributed by atoms with Crippen molar-refractivity contribution in [2.24, 2.45) is 5.73 Å². The number of guanidine groups is 1. The largest absolute Gasteiger partial charge is 0.497 e. The molecule has 3 N–H and O–H groups in total. The molecule has 0 unspecified atom stereocenters. The minimum absolute atomic E-state index is 0.0219. The SMILES string of the molecule is COc1ccc(-c2nc(N(C(=N)N)C(C)C)sc2-c2ccc(OC)cc2)cc1. The smallest absolute Gasteiger partial charge is 0.195 e. The number of rotatable bonds is 6. The summed E-state index contributed by atoms with van der Waals surface area (Å²) in [7, 11) is 3.29. The Labute approximate surface area is 169 Å². The van der Waals surface area contributed by atoms with Crippen LogP contribution in [-0.4, -0.2) is 31.2 Å². The summed E-state index contributed by atoms with van der Waals surface area (Å²) in [5.41, 5.74) is 8.68. The molecule has 2 aromatic carbocycles. The molecule has 0 aliphatic carbocycles. The fourth-order valence-electron chi connectivity index (χ4n) is 2.90. The van der Waals surface area contributed by atoms with Gasteiger partial charge in [0.25, 0.3) is 0 Å². The van der Waals surface area contributed by atoms with E-state index >= 15 is 0 Å². The van der Waals surface area contributed by atoms with E-state index in [1.54, 1.807) is 19.1 Å². The Hall–Kier alpha value is -3.06. The van der Waals surface area contributed by atoms with Crippen molar-refractivity contribution in [1.29, 1.82) is 5.41 Å². The van der Waals surface area contributed by atoms with Crippen LogP contribution in [0, 0.1) is 5.41 Å². The Morgan fingerprint density at radius 3 is 1.89 bits per heavy atom. The van der Waals surface area contributed by atoms with Crippen molar-refractivity contribution in [2.45, 2.75) is 19.9 Å². The standard InChI is InChI=1S/C21H24N4O2S/c1-13(2)25(20(22)23)21-24-18(14-5-9-16(26-3)10-6-14)19(28-21)15-7-11-17(27-4)12-8-15/h5-13H,1-4H3,(H3,22,23). The van der Waals surface area contributed by atoms with Gasteiger partial charge in [-0.2, -0.15) is 0 Å². The second-order valence-corrected chi connectivity index (χ2v) is 7.46. The minimum atomic E-state index is -0.0219. The molecule has 146 valence electrons. The quantitative estimate of drug-likeness (QED) is 0.470. The maximum atomic E-state index is 7.95. The maximum absolute atomic E-state index is 7.95. The molecule has 3 rings (SSSR count). The van der Waals surface area contributed by atoms with Gasteiger partial charge in [-0.05, 0) is 67.9 Å². The molecule has 0 saturated heterocycles. The predicted molar refractivity (Wildman–Crippen MR) is 116 cm³/mol. The zero-order chi connectivity index (χ0) is 20.3. The highest BCUT2D eigenvalue weighted by molar-refractivity contribution is 7.19. The fourth-order valence-corrected chi connectivity index (χ4v) is 4.14. The fraction of sp³-hybridized carbons (Fsp3) is 0.238. The Morgan fingerprint density at radius 1 is 0.964 bits per heavy atom. The van der Waals surface area contributed by atoms with Crippen molar-refractivity contribution >= 4 is 22.4 Å². The van der Waals surface area contributed by atoms with E-state index in [1.165, 1.54) is 11.3 Å². The molecule has 0 spiro atoms. The highest BCUT2D eigenvalue weighted by Gasteiger charge is 2.22. The lowest BCUT2D eigenvalue weighted by Crippen LogP contribution is -2.41. The van der Waals surface area contributed by atoms with E-state index in [1.807, 2.05) is 62.4 Å². The van der Waals surface area contributed by atoms with Crippen LogP contribution in [0.4, 0.5) is 5.13 Å². The molecule has 7 heteroatoms. The molecule has 0 amide bonds. The van der Waals surface area contributed by atoms with Crippen LogP contribution in [0.15, 0.2) is 48.5 Å². The van der Waals surface area contributed by atoms with Crippen LogP contribution in [0.1, 0.15) is 13.8 Å². The van der Waals surface area contributed by atoms with Crippen LogP contribution >= 0.6 is 11.3 Å². The molecule has 1 heterocycles. The molecule has 3 aromatic rings. The number of nitrogens with two attached hydrogens (primary N) is 1. The van der Waals surface area contributed by atoms with Gasteiger partial charge >= 0.3 is 0 Å². The molecule has 0 saturated carbocycles. The first kappa shape index (κ1) is 19.7. The first-order chi connectivity index (χ1) is 13.4. The van der Waals surface area contributed by atoms with Crippen LogP contribution in [0.2, 0.25) is 0 Å². The number of hydrogen-bond donors (Lipinski definition) is 2. The first-order valence-corrected chi connectivity index (χ1v) is 9.69. The molecule has 0 radical (unpaired) electrons. The van der Waals surface area contributed by atoms with Gasteiger partial charge in [-0.25, -0.2) is 4.98 Å². The van der Waals surface area contributed by atoms with Gasteiger partial charge in [-0.3, -0.25) is 10.3 Å². The average molecular weight is 397 g/mol. The number of methoxy groups -OCH3 is 2. The molecule has 0 bridgehead atoms. The molecule has 0 aliphatic heterocycles. The summed E-state index contributed by atoms with van der Waals surface area (Å²) in [4.78, 5) is 7.59. The van der Waals surface area contributed by atoms with Gasteiger partial charge in [0.05, 0.1) is 24.8 Å². The van der Waals surface area contributed by atoms with E-state index in [0.717, 1.165) is 33.2 Å². The van der Waals surface area contributed by atoms with Crippen molar-refractivity contribution in [1.82, 2.24) is 4.98 Å². The first-order valence-electron chi connectivity index (χ1n) is 8.87. The summed E-state index contributed by atoms with van der Waals surface area (Å²) in [6, 6.07) is 15.7. The van der Waals surface area contributed by atoms with Gasteiger partial charge in [0, 0.05) is 11.6 Å². The molecule has 1 aromatic heterocycles. The third kappa shape index (κ3) is 3.94. The van der Waals surface area contributed by atoms with Crippen LogP contribution in [0.3, 0.4) is 0 Å². The van der Waals surface area contributed by atoms with Gasteiger partial charge in [0.2, 0.25) is 0 Å². The van der Waals surface area contributed by atoms with E-state index in [4.69, 9.17) is 25.6 Å². The number of ether oxygens (including phenoxy) is 2. The lowest BCUT2D eigenvalue weighted by molar-refractivity contribution is 0.414. The summed E-state index contributed by atoms with van der Waals surface area (Å²) in [6.07, 6.45) is 0. The van der Waals surface area contributed by atoms with Crippen LogP contribution < -0.4 is 20.1 Å². The number of nitrogens with zero attached hydrogens (tertiary/aromatic N) is 2. The summed E-state index contributed by atoms with van der Waals surface area (Å²) in [5.74, 6) is 1.57. The van der Waals surface area contributed by atoms with Crippen LogP contribution in [0.5, 0.6) is 11.5 Å². The van der Waals surface area contributed by atoms with E-state index < -0.39 is 0 Å². The zero-order valence-electron chi connectivity index (χ0n) is 16.4. The average Bonchev–Trinajstić information content (AvgIpc) is 3.12. The number of hydrogen-bond acceptors (Lipinski definition) is 5. The van der Waals surface area contributed by atoms with Gasteiger partial charge in [0.15, 0.2) is 11.1 Å².